The number of halogens is 1. The number of nitrogens with one attached hydrogen (secondary N) is 1. The molecule has 0 radical (unpaired) electrons. The van der Waals surface area contributed by atoms with Gasteiger partial charge in [-0.05, 0) is 52.5 Å². The number of aryl methyl sites for hydroxylation is 3. The fraction of sp³-hybridized carbons (Fsp3) is 0.444. The molecular formula is C18H26ClN5. The second kappa shape index (κ2) is 7.36. The van der Waals surface area contributed by atoms with Crippen LogP contribution in [0.15, 0.2) is 18.2 Å². The molecule has 130 valence electrons. The number of aromatic nitrogens is 3. The molecule has 6 heteroatoms. The Bertz CT molecular complexity index is 854. The third kappa shape index (κ3) is 3.32. The van der Waals surface area contributed by atoms with Gasteiger partial charge in [-0.25, -0.2) is 4.98 Å². The standard InChI is InChI=1S/C18H25N5.ClH/c1-12-8-6-9-14-15(12)17(19-10-7-11-22(3)4)16-13(2)21-23(5)18(16)20-14;/h6,8-9H,7,10-11H2,1-5H3,(H,19,20);1H. The Morgan fingerprint density at radius 2 is 1.92 bits per heavy atom. The second-order valence-electron chi connectivity index (χ2n) is 6.45. The van der Waals surface area contributed by atoms with E-state index in [9.17, 15) is 0 Å². The monoisotopic (exact) mass is 347 g/mol. The predicted molar refractivity (Wildman–Crippen MR) is 104 cm³/mol. The summed E-state index contributed by atoms with van der Waals surface area (Å²) >= 11 is 0. The van der Waals surface area contributed by atoms with Gasteiger partial charge in [-0.15, -0.1) is 12.4 Å². The summed E-state index contributed by atoms with van der Waals surface area (Å²) in [6, 6.07) is 6.29. The van der Waals surface area contributed by atoms with Gasteiger partial charge in [-0.1, -0.05) is 12.1 Å². The molecule has 3 aromatic rings. The van der Waals surface area contributed by atoms with Crippen molar-refractivity contribution in [2.75, 3.05) is 32.5 Å². The summed E-state index contributed by atoms with van der Waals surface area (Å²) in [5.74, 6) is 0. The van der Waals surface area contributed by atoms with E-state index in [1.807, 2.05) is 11.7 Å². The van der Waals surface area contributed by atoms with Crippen molar-refractivity contribution in [1.29, 1.82) is 0 Å². The van der Waals surface area contributed by atoms with Crippen molar-refractivity contribution >= 4 is 40.0 Å². The molecule has 0 saturated carbocycles. The molecule has 0 bridgehead atoms. The number of hydrogen-bond acceptors (Lipinski definition) is 4. The molecule has 1 aromatic carbocycles. The first-order valence-electron chi connectivity index (χ1n) is 8.10. The maximum atomic E-state index is 4.83. The van der Waals surface area contributed by atoms with Crippen LogP contribution in [0, 0.1) is 13.8 Å². The van der Waals surface area contributed by atoms with Crippen molar-refractivity contribution in [2.45, 2.75) is 20.3 Å². The van der Waals surface area contributed by atoms with Crippen LogP contribution in [-0.2, 0) is 7.05 Å². The van der Waals surface area contributed by atoms with Gasteiger partial charge in [-0.3, -0.25) is 4.68 Å². The first-order chi connectivity index (χ1) is 11.0. The third-order valence-corrected chi connectivity index (χ3v) is 4.25. The van der Waals surface area contributed by atoms with Crippen molar-refractivity contribution < 1.29 is 0 Å². The first kappa shape index (κ1) is 18.5. The normalized spacial score (nSPS) is 11.2. The Morgan fingerprint density at radius 1 is 1.17 bits per heavy atom. The molecule has 1 N–H and O–H groups in total. The lowest BCUT2D eigenvalue weighted by atomic mass is 10.0. The molecule has 5 nitrogen and oxygen atoms in total. The van der Waals surface area contributed by atoms with Crippen LogP contribution in [0.5, 0.6) is 0 Å². The van der Waals surface area contributed by atoms with Gasteiger partial charge in [0.25, 0.3) is 0 Å². The quantitative estimate of drug-likeness (QED) is 0.717. The van der Waals surface area contributed by atoms with Crippen LogP contribution in [0.2, 0.25) is 0 Å². The van der Waals surface area contributed by atoms with Crippen LogP contribution >= 0.6 is 12.4 Å². The molecule has 0 aliphatic heterocycles. The average molecular weight is 348 g/mol. The van der Waals surface area contributed by atoms with Gasteiger partial charge >= 0.3 is 0 Å². The van der Waals surface area contributed by atoms with Crippen LogP contribution in [0.25, 0.3) is 21.9 Å². The van der Waals surface area contributed by atoms with Crippen molar-refractivity contribution in [3.63, 3.8) is 0 Å². The van der Waals surface area contributed by atoms with E-state index in [4.69, 9.17) is 4.98 Å². The molecule has 0 aliphatic carbocycles. The SMILES string of the molecule is Cc1cccc2nc3c(c(C)nn3C)c(NCCCN(C)C)c12.Cl. The van der Waals surface area contributed by atoms with E-state index in [1.165, 1.54) is 16.6 Å². The minimum absolute atomic E-state index is 0. The minimum Gasteiger partial charge on any atom is -0.384 e. The van der Waals surface area contributed by atoms with Gasteiger partial charge in [0, 0.05) is 19.0 Å². The van der Waals surface area contributed by atoms with E-state index in [2.05, 4.69) is 61.5 Å². The molecule has 2 aromatic heterocycles. The molecule has 24 heavy (non-hydrogen) atoms. The molecule has 2 heterocycles. The maximum Gasteiger partial charge on any atom is 0.160 e. The zero-order valence-electron chi connectivity index (χ0n) is 15.1. The van der Waals surface area contributed by atoms with E-state index < -0.39 is 0 Å². The number of hydrogen-bond donors (Lipinski definition) is 1. The van der Waals surface area contributed by atoms with Gasteiger partial charge in [0.15, 0.2) is 5.65 Å². The lowest BCUT2D eigenvalue weighted by molar-refractivity contribution is 0.405. The lowest BCUT2D eigenvalue weighted by Gasteiger charge is -2.15. The summed E-state index contributed by atoms with van der Waals surface area (Å²) in [6.07, 6.45) is 1.10. The number of anilines is 1. The Labute approximate surface area is 149 Å². The highest BCUT2D eigenvalue weighted by molar-refractivity contribution is 6.08. The van der Waals surface area contributed by atoms with E-state index in [0.717, 1.165) is 41.8 Å². The molecule has 0 amide bonds. The lowest BCUT2D eigenvalue weighted by Crippen LogP contribution is -2.16. The van der Waals surface area contributed by atoms with Gasteiger partial charge in [0.1, 0.15) is 0 Å². The molecule has 0 unspecified atom stereocenters. The van der Waals surface area contributed by atoms with E-state index in [0.29, 0.717) is 0 Å². The van der Waals surface area contributed by atoms with Gasteiger partial charge in [0.2, 0.25) is 0 Å². The summed E-state index contributed by atoms with van der Waals surface area (Å²) in [7, 11) is 6.17. The van der Waals surface area contributed by atoms with Crippen LogP contribution < -0.4 is 5.32 Å². The Hall–Kier alpha value is -1.85. The van der Waals surface area contributed by atoms with Gasteiger partial charge in [0.05, 0.1) is 22.3 Å². The average Bonchev–Trinajstić information content (AvgIpc) is 2.77. The van der Waals surface area contributed by atoms with Crippen LogP contribution in [0.3, 0.4) is 0 Å². The highest BCUT2D eigenvalue weighted by atomic mass is 35.5. The molecule has 3 rings (SSSR count). The summed E-state index contributed by atoms with van der Waals surface area (Å²) in [5.41, 5.74) is 5.41. The Morgan fingerprint density at radius 3 is 2.62 bits per heavy atom. The molecule has 0 saturated heterocycles. The van der Waals surface area contributed by atoms with E-state index in [-0.39, 0.29) is 12.4 Å². The maximum absolute atomic E-state index is 4.83. The molecule has 0 spiro atoms. The van der Waals surface area contributed by atoms with Crippen LogP contribution in [0.4, 0.5) is 5.69 Å². The van der Waals surface area contributed by atoms with Crippen molar-refractivity contribution in [1.82, 2.24) is 19.7 Å². The number of pyridine rings is 1. The van der Waals surface area contributed by atoms with Crippen LogP contribution in [-0.4, -0.2) is 46.8 Å². The molecule has 0 fully saturated rings. The highest BCUT2D eigenvalue weighted by Crippen LogP contribution is 2.34. The summed E-state index contributed by atoms with van der Waals surface area (Å²) in [5, 5.41) is 10.6. The fourth-order valence-corrected chi connectivity index (χ4v) is 3.16. The second-order valence-corrected chi connectivity index (χ2v) is 6.45. The van der Waals surface area contributed by atoms with E-state index in [1.54, 1.807) is 0 Å². The van der Waals surface area contributed by atoms with Crippen molar-refractivity contribution in [3.05, 3.63) is 29.5 Å². The summed E-state index contributed by atoms with van der Waals surface area (Å²) in [6.45, 7) is 6.21. The smallest absolute Gasteiger partial charge is 0.160 e. The number of fused-ring (bicyclic) bond motifs is 2. The Kier molecular flexibility index (Phi) is 5.67. The Balaban J connectivity index is 0.00000208. The van der Waals surface area contributed by atoms with Crippen molar-refractivity contribution in [2.24, 2.45) is 7.05 Å². The predicted octanol–water partition coefficient (Wildman–Crippen LogP) is 3.52. The molecular weight excluding hydrogens is 322 g/mol. The fourth-order valence-electron chi connectivity index (χ4n) is 3.16. The molecule has 0 atom stereocenters. The first-order valence-corrected chi connectivity index (χ1v) is 8.10. The number of rotatable bonds is 5. The summed E-state index contributed by atoms with van der Waals surface area (Å²) < 4.78 is 1.87. The molecule has 0 aliphatic rings. The topological polar surface area (TPSA) is 46.0 Å². The zero-order valence-corrected chi connectivity index (χ0v) is 15.9. The third-order valence-electron chi connectivity index (χ3n) is 4.25. The zero-order chi connectivity index (χ0) is 16.6. The highest BCUT2D eigenvalue weighted by Gasteiger charge is 2.16. The van der Waals surface area contributed by atoms with Gasteiger partial charge in [-0.2, -0.15) is 5.10 Å². The minimum atomic E-state index is 0. The van der Waals surface area contributed by atoms with Gasteiger partial charge < -0.3 is 10.2 Å². The number of benzene rings is 1. The largest absolute Gasteiger partial charge is 0.384 e. The van der Waals surface area contributed by atoms with Crippen LogP contribution in [0.1, 0.15) is 17.7 Å². The van der Waals surface area contributed by atoms with E-state index >= 15 is 0 Å². The summed E-state index contributed by atoms with van der Waals surface area (Å²) in [4.78, 5) is 7.04. The number of nitrogens with zero attached hydrogens (tertiary/aromatic N) is 4. The van der Waals surface area contributed by atoms with Crippen molar-refractivity contribution in [3.8, 4) is 0 Å².